The van der Waals surface area contributed by atoms with E-state index in [1.807, 2.05) is 43.3 Å². The summed E-state index contributed by atoms with van der Waals surface area (Å²) >= 11 is 0. The van der Waals surface area contributed by atoms with Gasteiger partial charge in [-0.05, 0) is 30.9 Å². The molecular formula is C25H33N5O3. The summed E-state index contributed by atoms with van der Waals surface area (Å²) in [5, 5.41) is 38.1. The maximum atomic E-state index is 10.6. The average Bonchev–Trinajstić information content (AvgIpc) is 3.04. The van der Waals surface area contributed by atoms with Crippen molar-refractivity contribution >= 4 is 22.7 Å². The van der Waals surface area contributed by atoms with Crippen LogP contribution in [0.2, 0.25) is 0 Å². The number of anilines is 2. The van der Waals surface area contributed by atoms with Crippen LogP contribution in [0.1, 0.15) is 32.9 Å². The molecule has 0 saturated heterocycles. The molecule has 33 heavy (non-hydrogen) atoms. The standard InChI is InChI=1S/C25H33N5O3/c1-14-20(18-10-9-15-7-5-6-8-17(15)28-18)23(30-24(27-14)26-13-25(2,3)4)29-19-11-16(12-31)21(32)22(19)33/h5-10,16,19,21-22,31-33H,11-13H2,1-4H3,(H2,26,27,29,30). The van der Waals surface area contributed by atoms with Crippen molar-refractivity contribution in [1.29, 1.82) is 0 Å². The van der Waals surface area contributed by atoms with E-state index >= 15 is 0 Å². The molecular weight excluding hydrogens is 418 g/mol. The summed E-state index contributed by atoms with van der Waals surface area (Å²) in [5.74, 6) is 0.638. The Balaban J connectivity index is 1.75. The number of hydrogen-bond donors (Lipinski definition) is 5. The SMILES string of the molecule is Cc1nc(NCC(C)(C)C)nc(NC2CC(CO)C(O)C2O)c1-c1ccc2ccccc2n1. The highest BCUT2D eigenvalue weighted by Gasteiger charge is 2.41. The Kier molecular flexibility index (Phi) is 6.52. The molecule has 3 aromatic rings. The molecule has 176 valence electrons. The highest BCUT2D eigenvalue weighted by atomic mass is 16.3. The van der Waals surface area contributed by atoms with E-state index in [-0.39, 0.29) is 17.9 Å². The topological polar surface area (TPSA) is 123 Å². The summed E-state index contributed by atoms with van der Waals surface area (Å²) in [6.07, 6.45) is -1.57. The number of pyridine rings is 1. The molecule has 1 saturated carbocycles. The number of aliphatic hydroxyl groups is 3. The fraction of sp³-hybridized carbons (Fsp3) is 0.480. The van der Waals surface area contributed by atoms with Crippen molar-refractivity contribution in [1.82, 2.24) is 15.0 Å². The Morgan fingerprint density at radius 2 is 1.76 bits per heavy atom. The second kappa shape index (κ2) is 9.21. The molecule has 4 unspecified atom stereocenters. The summed E-state index contributed by atoms with van der Waals surface area (Å²) in [6, 6.07) is 11.4. The van der Waals surface area contributed by atoms with Crippen molar-refractivity contribution in [2.75, 3.05) is 23.8 Å². The second-order valence-corrected chi connectivity index (χ2v) is 10.1. The van der Waals surface area contributed by atoms with Gasteiger partial charge in [0.1, 0.15) is 11.9 Å². The summed E-state index contributed by atoms with van der Waals surface area (Å²) in [4.78, 5) is 14.2. The number of aryl methyl sites for hydroxylation is 1. The molecule has 0 spiro atoms. The number of aliphatic hydroxyl groups excluding tert-OH is 3. The van der Waals surface area contributed by atoms with Gasteiger partial charge in [-0.25, -0.2) is 9.97 Å². The Morgan fingerprint density at radius 1 is 1.00 bits per heavy atom. The fourth-order valence-electron chi connectivity index (χ4n) is 4.24. The third-order valence-electron chi connectivity index (χ3n) is 6.08. The van der Waals surface area contributed by atoms with Gasteiger partial charge < -0.3 is 26.0 Å². The van der Waals surface area contributed by atoms with Crippen LogP contribution in [0.4, 0.5) is 11.8 Å². The summed E-state index contributed by atoms with van der Waals surface area (Å²) < 4.78 is 0. The third kappa shape index (κ3) is 5.08. The van der Waals surface area contributed by atoms with Gasteiger partial charge >= 0.3 is 0 Å². The van der Waals surface area contributed by atoms with E-state index < -0.39 is 18.2 Å². The lowest BCUT2D eigenvalue weighted by atomic mass is 9.97. The smallest absolute Gasteiger partial charge is 0.224 e. The van der Waals surface area contributed by atoms with Gasteiger partial charge in [-0.2, -0.15) is 4.98 Å². The van der Waals surface area contributed by atoms with Gasteiger partial charge in [0, 0.05) is 24.5 Å². The molecule has 2 aromatic heterocycles. The van der Waals surface area contributed by atoms with Crippen LogP contribution in [0.25, 0.3) is 22.2 Å². The molecule has 4 atom stereocenters. The zero-order valence-electron chi connectivity index (χ0n) is 19.6. The molecule has 0 aliphatic heterocycles. The minimum atomic E-state index is -1.01. The highest BCUT2D eigenvalue weighted by Crippen LogP contribution is 2.34. The number of rotatable bonds is 6. The predicted octanol–water partition coefficient (Wildman–Crippen LogP) is 2.97. The summed E-state index contributed by atoms with van der Waals surface area (Å²) in [7, 11) is 0. The van der Waals surface area contributed by atoms with Gasteiger partial charge in [-0.3, -0.25) is 0 Å². The number of nitrogens with one attached hydrogen (secondary N) is 2. The van der Waals surface area contributed by atoms with Crippen LogP contribution in [0.15, 0.2) is 36.4 Å². The number of benzene rings is 1. The zero-order valence-corrected chi connectivity index (χ0v) is 19.6. The van der Waals surface area contributed by atoms with Crippen molar-refractivity contribution in [3.05, 3.63) is 42.1 Å². The molecule has 1 aliphatic carbocycles. The predicted molar refractivity (Wildman–Crippen MR) is 130 cm³/mol. The largest absolute Gasteiger partial charge is 0.396 e. The van der Waals surface area contributed by atoms with Crippen molar-refractivity contribution < 1.29 is 15.3 Å². The average molecular weight is 452 g/mol. The highest BCUT2D eigenvalue weighted by molar-refractivity contribution is 5.84. The normalized spacial score (nSPS) is 23.1. The van der Waals surface area contributed by atoms with Gasteiger partial charge in [-0.15, -0.1) is 0 Å². The Hall–Kier alpha value is -2.81. The summed E-state index contributed by atoms with van der Waals surface area (Å²) in [6.45, 7) is 8.81. The van der Waals surface area contributed by atoms with Gasteiger partial charge in [0.2, 0.25) is 5.95 Å². The van der Waals surface area contributed by atoms with E-state index in [4.69, 9.17) is 9.97 Å². The lowest BCUT2D eigenvalue weighted by Crippen LogP contribution is -2.36. The van der Waals surface area contributed by atoms with Crippen LogP contribution < -0.4 is 10.6 Å². The molecule has 0 amide bonds. The first kappa shape index (κ1) is 23.4. The van der Waals surface area contributed by atoms with Crippen LogP contribution in [0.3, 0.4) is 0 Å². The number of aromatic nitrogens is 3. The third-order valence-corrected chi connectivity index (χ3v) is 6.08. The minimum Gasteiger partial charge on any atom is -0.396 e. The van der Waals surface area contributed by atoms with Crippen LogP contribution in [-0.2, 0) is 0 Å². The van der Waals surface area contributed by atoms with E-state index in [2.05, 4.69) is 36.4 Å². The molecule has 5 N–H and O–H groups in total. The second-order valence-electron chi connectivity index (χ2n) is 10.1. The van der Waals surface area contributed by atoms with Gasteiger partial charge in [0.25, 0.3) is 0 Å². The molecule has 4 rings (SSSR count). The van der Waals surface area contributed by atoms with Crippen LogP contribution in [0.5, 0.6) is 0 Å². The first-order chi connectivity index (χ1) is 15.7. The monoisotopic (exact) mass is 451 g/mol. The minimum absolute atomic E-state index is 0.0452. The first-order valence-electron chi connectivity index (χ1n) is 11.4. The Bertz CT molecular complexity index is 1130. The first-order valence-corrected chi connectivity index (χ1v) is 11.4. The van der Waals surface area contributed by atoms with Crippen LogP contribution in [-0.4, -0.2) is 61.7 Å². The van der Waals surface area contributed by atoms with Gasteiger partial charge in [-0.1, -0.05) is 45.0 Å². The number of fused-ring (bicyclic) bond motifs is 1. The molecule has 0 radical (unpaired) electrons. The van der Waals surface area contributed by atoms with E-state index in [9.17, 15) is 15.3 Å². The lowest BCUT2D eigenvalue weighted by molar-refractivity contribution is 0.00446. The molecule has 1 fully saturated rings. The number of para-hydroxylation sites is 1. The number of hydrogen-bond acceptors (Lipinski definition) is 8. The molecule has 0 bridgehead atoms. The van der Waals surface area contributed by atoms with Crippen LogP contribution >= 0.6 is 0 Å². The fourth-order valence-corrected chi connectivity index (χ4v) is 4.24. The van der Waals surface area contributed by atoms with E-state index in [0.717, 1.165) is 27.9 Å². The Morgan fingerprint density at radius 3 is 2.45 bits per heavy atom. The van der Waals surface area contributed by atoms with Crippen molar-refractivity contribution in [2.24, 2.45) is 11.3 Å². The van der Waals surface area contributed by atoms with Crippen molar-refractivity contribution in [3.8, 4) is 11.3 Å². The molecule has 1 aliphatic rings. The quantitative estimate of drug-likeness (QED) is 0.388. The maximum Gasteiger partial charge on any atom is 0.224 e. The maximum absolute atomic E-state index is 10.6. The van der Waals surface area contributed by atoms with Crippen LogP contribution in [0, 0.1) is 18.3 Å². The molecule has 8 heteroatoms. The van der Waals surface area contributed by atoms with Gasteiger partial charge in [0.05, 0.1) is 34.6 Å². The van der Waals surface area contributed by atoms with E-state index in [1.165, 1.54) is 0 Å². The molecule has 8 nitrogen and oxygen atoms in total. The van der Waals surface area contributed by atoms with Crippen molar-refractivity contribution in [3.63, 3.8) is 0 Å². The van der Waals surface area contributed by atoms with Crippen molar-refractivity contribution in [2.45, 2.75) is 52.4 Å². The summed E-state index contributed by atoms with van der Waals surface area (Å²) in [5.41, 5.74) is 3.13. The number of nitrogens with zero attached hydrogens (tertiary/aromatic N) is 3. The molecule has 2 heterocycles. The zero-order chi connectivity index (χ0) is 23.8. The van der Waals surface area contributed by atoms with E-state index in [1.54, 1.807) is 0 Å². The molecule has 1 aromatic carbocycles. The van der Waals surface area contributed by atoms with E-state index in [0.29, 0.717) is 24.7 Å². The lowest BCUT2D eigenvalue weighted by Gasteiger charge is -2.23. The Labute approximate surface area is 194 Å². The van der Waals surface area contributed by atoms with Gasteiger partial charge in [0.15, 0.2) is 0 Å².